The molecule has 0 atom stereocenters. The Kier molecular flexibility index (Phi) is 8.86. The topological polar surface area (TPSA) is 24.9 Å². The van der Waals surface area contributed by atoms with Crippen molar-refractivity contribution in [3.8, 4) is 11.5 Å². The number of thioether (sulfide) groups is 1. The average molecular weight is 495 g/mol. The molecule has 0 heterocycles. The van der Waals surface area contributed by atoms with E-state index in [1.165, 1.54) is 16.1 Å². The van der Waals surface area contributed by atoms with Crippen LogP contribution in [0.5, 0.6) is 11.5 Å². The molecule has 0 spiro atoms. The number of ether oxygens (including phenoxy) is 2. The van der Waals surface area contributed by atoms with E-state index < -0.39 is 0 Å². The largest absolute Gasteiger partial charge is 0.492 e. The normalized spacial score (nSPS) is 11.1. The Balaban J connectivity index is 1.55. The van der Waals surface area contributed by atoms with E-state index in [1.807, 2.05) is 48.3 Å². The van der Waals surface area contributed by atoms with Gasteiger partial charge in [0.2, 0.25) is 0 Å². The van der Waals surface area contributed by atoms with E-state index in [1.54, 1.807) is 11.8 Å². The summed E-state index contributed by atoms with van der Waals surface area (Å²) in [4.78, 5) is 5.30. The van der Waals surface area contributed by atoms with Gasteiger partial charge in [0.1, 0.15) is 18.1 Å². The van der Waals surface area contributed by atoms with Crippen LogP contribution in [0.4, 0.5) is 11.4 Å². The summed E-state index contributed by atoms with van der Waals surface area (Å²) < 4.78 is 12.0. The number of likely N-dealkylation sites (N-methyl/N-ethyl adjacent to an activating group) is 1. The van der Waals surface area contributed by atoms with Crippen molar-refractivity contribution in [2.45, 2.75) is 31.1 Å². The summed E-state index contributed by atoms with van der Waals surface area (Å²) in [7, 11) is 3.98. The summed E-state index contributed by atoms with van der Waals surface area (Å²) in [5.74, 6) is 1.53. The van der Waals surface area contributed by atoms with Gasteiger partial charge in [0.15, 0.2) is 0 Å². The zero-order valence-electron chi connectivity index (χ0n) is 20.9. The average Bonchev–Trinajstić information content (AvgIpc) is 2.83. The molecule has 0 N–H and O–H groups in total. The second-order valence-electron chi connectivity index (χ2n) is 9.17. The van der Waals surface area contributed by atoms with Crippen LogP contribution >= 0.6 is 24.0 Å². The smallest absolute Gasteiger partial charge is 0.269 e. The van der Waals surface area contributed by atoms with Crippen LogP contribution in [0.2, 0.25) is 0 Å². The third-order valence-electron chi connectivity index (χ3n) is 5.59. The fraction of sp³-hybridized carbons (Fsp3) is 0.321. The molecule has 3 rings (SSSR count). The van der Waals surface area contributed by atoms with E-state index in [4.69, 9.17) is 21.7 Å². The molecule has 6 heteroatoms. The predicted octanol–water partition coefficient (Wildman–Crippen LogP) is 7.02. The molecule has 0 aliphatic heterocycles. The van der Waals surface area contributed by atoms with Crippen molar-refractivity contribution in [1.29, 1.82) is 0 Å². The fourth-order valence-corrected chi connectivity index (χ4v) is 4.01. The molecular weight excluding hydrogens is 460 g/mol. The van der Waals surface area contributed by atoms with Crippen LogP contribution in [0.25, 0.3) is 0 Å². The number of rotatable bonds is 8. The first-order valence-electron chi connectivity index (χ1n) is 11.3. The SMILES string of the molecule is CSc1cccc(N(C)CCOc2cccc(N(C)C(=S)Oc3ccc(C(C)(C)C)cc3)c2)c1. The molecule has 3 aromatic carbocycles. The van der Waals surface area contributed by atoms with Crippen molar-refractivity contribution < 1.29 is 9.47 Å². The van der Waals surface area contributed by atoms with Gasteiger partial charge in [-0.1, -0.05) is 45.0 Å². The minimum absolute atomic E-state index is 0.101. The molecule has 0 amide bonds. The summed E-state index contributed by atoms with van der Waals surface area (Å²) in [6, 6.07) is 24.5. The molecule has 0 aliphatic carbocycles. The predicted molar refractivity (Wildman–Crippen MR) is 150 cm³/mol. The Morgan fingerprint density at radius 2 is 1.56 bits per heavy atom. The van der Waals surface area contributed by atoms with Crippen LogP contribution < -0.4 is 19.3 Å². The molecule has 0 radical (unpaired) electrons. The van der Waals surface area contributed by atoms with Crippen molar-refractivity contribution >= 4 is 40.5 Å². The number of nitrogens with zero attached hydrogens (tertiary/aromatic N) is 2. The monoisotopic (exact) mass is 494 g/mol. The van der Waals surface area contributed by atoms with Gasteiger partial charge in [-0.25, -0.2) is 0 Å². The van der Waals surface area contributed by atoms with Crippen LogP contribution in [0.1, 0.15) is 26.3 Å². The Morgan fingerprint density at radius 1 is 0.882 bits per heavy atom. The number of benzene rings is 3. The van der Waals surface area contributed by atoms with Crippen molar-refractivity contribution in [2.75, 3.05) is 43.3 Å². The summed E-state index contributed by atoms with van der Waals surface area (Å²) >= 11 is 7.29. The minimum atomic E-state index is 0.101. The van der Waals surface area contributed by atoms with Crippen LogP contribution in [-0.4, -0.2) is 38.7 Å². The second-order valence-corrected chi connectivity index (χ2v) is 10.4. The lowest BCUT2D eigenvalue weighted by Crippen LogP contribution is -2.29. The van der Waals surface area contributed by atoms with Gasteiger partial charge in [0.25, 0.3) is 5.17 Å². The molecule has 180 valence electrons. The van der Waals surface area contributed by atoms with Gasteiger partial charge in [-0.3, -0.25) is 0 Å². The Morgan fingerprint density at radius 3 is 2.24 bits per heavy atom. The van der Waals surface area contributed by atoms with Crippen molar-refractivity contribution in [3.05, 3.63) is 78.4 Å². The van der Waals surface area contributed by atoms with E-state index in [0.717, 1.165) is 23.7 Å². The third-order valence-corrected chi connectivity index (χ3v) is 6.68. The highest BCUT2D eigenvalue weighted by Crippen LogP contribution is 2.26. The fourth-order valence-electron chi connectivity index (χ4n) is 3.36. The first-order chi connectivity index (χ1) is 16.2. The first kappa shape index (κ1) is 25.9. The van der Waals surface area contributed by atoms with Crippen LogP contribution in [-0.2, 0) is 5.41 Å². The van der Waals surface area contributed by atoms with Gasteiger partial charge in [-0.15, -0.1) is 11.8 Å². The second kappa shape index (κ2) is 11.6. The first-order valence-corrected chi connectivity index (χ1v) is 12.9. The molecule has 0 bridgehead atoms. The summed E-state index contributed by atoms with van der Waals surface area (Å²) in [5, 5.41) is 0.383. The molecule has 0 aliphatic rings. The van der Waals surface area contributed by atoms with E-state index in [-0.39, 0.29) is 5.41 Å². The van der Waals surface area contributed by atoms with E-state index in [0.29, 0.717) is 11.8 Å². The van der Waals surface area contributed by atoms with Crippen LogP contribution in [0.15, 0.2) is 77.7 Å². The zero-order valence-corrected chi connectivity index (χ0v) is 22.5. The summed E-state index contributed by atoms with van der Waals surface area (Å²) in [5.41, 5.74) is 3.45. The van der Waals surface area contributed by atoms with E-state index in [9.17, 15) is 0 Å². The molecule has 4 nitrogen and oxygen atoms in total. The highest BCUT2D eigenvalue weighted by atomic mass is 32.2. The Labute approximate surface area is 213 Å². The number of hydrogen-bond donors (Lipinski definition) is 0. The summed E-state index contributed by atoms with van der Waals surface area (Å²) in [6.07, 6.45) is 2.09. The van der Waals surface area contributed by atoms with Gasteiger partial charge in [-0.05, 0) is 71.9 Å². The molecule has 0 unspecified atom stereocenters. The van der Waals surface area contributed by atoms with Gasteiger partial charge >= 0.3 is 0 Å². The highest BCUT2D eigenvalue weighted by molar-refractivity contribution is 7.98. The molecule has 0 saturated heterocycles. The van der Waals surface area contributed by atoms with Gasteiger partial charge < -0.3 is 19.3 Å². The highest BCUT2D eigenvalue weighted by Gasteiger charge is 2.15. The maximum atomic E-state index is 6.03. The van der Waals surface area contributed by atoms with Crippen LogP contribution in [0, 0.1) is 0 Å². The number of thiocarbonyl (C=S) groups is 1. The molecule has 0 saturated carbocycles. The number of hydrogen-bond acceptors (Lipinski definition) is 5. The lowest BCUT2D eigenvalue weighted by molar-refractivity contribution is 0.326. The van der Waals surface area contributed by atoms with Crippen molar-refractivity contribution in [2.24, 2.45) is 0 Å². The van der Waals surface area contributed by atoms with Crippen molar-refractivity contribution in [3.63, 3.8) is 0 Å². The molecule has 0 aromatic heterocycles. The molecule has 3 aromatic rings. The number of anilines is 2. The van der Waals surface area contributed by atoms with Gasteiger partial charge in [0.05, 0.1) is 6.54 Å². The molecule has 34 heavy (non-hydrogen) atoms. The maximum Gasteiger partial charge on any atom is 0.269 e. The van der Waals surface area contributed by atoms with E-state index >= 15 is 0 Å². The summed E-state index contributed by atoms with van der Waals surface area (Å²) in [6.45, 7) is 7.93. The molecular formula is C28H34N2O2S2. The Bertz CT molecular complexity index is 1090. The van der Waals surface area contributed by atoms with Gasteiger partial charge in [-0.2, -0.15) is 0 Å². The van der Waals surface area contributed by atoms with Gasteiger partial charge in [0, 0.05) is 36.4 Å². The van der Waals surface area contributed by atoms with Crippen molar-refractivity contribution in [1.82, 2.24) is 0 Å². The third kappa shape index (κ3) is 7.15. The lowest BCUT2D eigenvalue weighted by Gasteiger charge is -2.22. The minimum Gasteiger partial charge on any atom is -0.492 e. The van der Waals surface area contributed by atoms with E-state index in [2.05, 4.69) is 75.4 Å². The van der Waals surface area contributed by atoms with Crippen LogP contribution in [0.3, 0.4) is 0 Å². The zero-order chi connectivity index (χ0) is 24.7. The Hall–Kier alpha value is -2.70. The molecule has 0 fully saturated rings. The maximum absolute atomic E-state index is 6.03. The quantitative estimate of drug-likeness (QED) is 0.246. The lowest BCUT2D eigenvalue weighted by atomic mass is 9.87. The standard InChI is InChI=1S/C28H34N2O2S2/c1-28(2,3)21-13-15-24(16-14-21)32-27(33)30(5)23-10-7-11-25(19-23)31-18-17-29(4)22-9-8-12-26(20-22)34-6/h7-16,19-20H,17-18H2,1-6H3.